The highest BCUT2D eigenvalue weighted by Crippen LogP contribution is 2.38. The predicted molar refractivity (Wildman–Crippen MR) is 137 cm³/mol. The number of hydrazone groups is 1. The molecule has 4 aliphatic heterocycles. The molecule has 188 valence electrons. The third-order valence-electron chi connectivity index (χ3n) is 7.36. The first-order valence-corrected chi connectivity index (χ1v) is 12.7. The highest BCUT2D eigenvalue weighted by Gasteiger charge is 2.34. The first-order chi connectivity index (χ1) is 17.4. The van der Waals surface area contributed by atoms with E-state index in [1.807, 2.05) is 18.2 Å². The third kappa shape index (κ3) is 4.76. The Kier molecular flexibility index (Phi) is 6.84. The van der Waals surface area contributed by atoms with Crippen LogP contribution in [0.4, 0.5) is 5.82 Å². The van der Waals surface area contributed by atoms with Crippen molar-refractivity contribution < 1.29 is 9.53 Å². The summed E-state index contributed by atoms with van der Waals surface area (Å²) in [6.45, 7) is 7.22. The van der Waals surface area contributed by atoms with Crippen LogP contribution in [0.1, 0.15) is 56.8 Å². The van der Waals surface area contributed by atoms with Gasteiger partial charge in [-0.3, -0.25) is 9.48 Å². The molecule has 1 aromatic heterocycles. The van der Waals surface area contributed by atoms with Gasteiger partial charge in [0.25, 0.3) is 0 Å². The molecular formula is C27H33N7O2. The van der Waals surface area contributed by atoms with Crippen molar-refractivity contribution in [1.82, 2.24) is 19.7 Å². The molecule has 2 unspecified atom stereocenters. The van der Waals surface area contributed by atoms with E-state index in [-0.39, 0.29) is 17.9 Å². The normalized spacial score (nSPS) is 23.6. The van der Waals surface area contributed by atoms with Crippen molar-refractivity contribution in [3.8, 4) is 18.0 Å². The molecule has 1 fully saturated rings. The maximum atomic E-state index is 12.2. The van der Waals surface area contributed by atoms with Crippen LogP contribution in [0.5, 0.6) is 0 Å². The summed E-state index contributed by atoms with van der Waals surface area (Å²) in [7, 11) is 1.84. The Morgan fingerprint density at radius 2 is 2.19 bits per heavy atom. The summed E-state index contributed by atoms with van der Waals surface area (Å²) in [5.41, 5.74) is 5.71. The number of anilines is 1. The number of fused-ring (bicyclic) bond motifs is 1. The Morgan fingerprint density at radius 1 is 1.33 bits per heavy atom. The summed E-state index contributed by atoms with van der Waals surface area (Å²) >= 11 is 0. The van der Waals surface area contributed by atoms with Crippen LogP contribution in [-0.4, -0.2) is 65.2 Å². The Bertz CT molecular complexity index is 1230. The van der Waals surface area contributed by atoms with Crippen LogP contribution in [0.3, 0.4) is 0 Å². The monoisotopic (exact) mass is 487 g/mol. The lowest BCUT2D eigenvalue weighted by Gasteiger charge is -2.29. The molecule has 9 heteroatoms. The zero-order chi connectivity index (χ0) is 25.2. The van der Waals surface area contributed by atoms with Crippen molar-refractivity contribution in [2.75, 3.05) is 38.3 Å². The van der Waals surface area contributed by atoms with Crippen LogP contribution >= 0.6 is 0 Å². The number of carbonyl (C=O) groups is 1. The van der Waals surface area contributed by atoms with Crippen LogP contribution in [0, 0.1) is 29.2 Å². The molecule has 0 saturated carbocycles. The molecule has 36 heavy (non-hydrogen) atoms. The van der Waals surface area contributed by atoms with E-state index in [4.69, 9.17) is 9.84 Å². The van der Waals surface area contributed by atoms with Gasteiger partial charge in [0, 0.05) is 69.3 Å². The van der Waals surface area contributed by atoms with Crippen molar-refractivity contribution in [2.24, 2.45) is 11.0 Å². The number of allylic oxidation sites excluding steroid dienone is 2. The maximum Gasteiger partial charge on any atom is 0.219 e. The van der Waals surface area contributed by atoms with Gasteiger partial charge in [-0.25, -0.2) is 5.01 Å². The van der Waals surface area contributed by atoms with Crippen LogP contribution in [0.15, 0.2) is 28.0 Å². The fraction of sp³-hybridized carbons (Fsp3) is 0.556. The first-order valence-electron chi connectivity index (χ1n) is 12.7. The van der Waals surface area contributed by atoms with E-state index in [0.29, 0.717) is 26.1 Å². The Morgan fingerprint density at radius 3 is 2.89 bits per heavy atom. The second-order valence-corrected chi connectivity index (χ2v) is 9.97. The second-order valence-electron chi connectivity index (χ2n) is 9.97. The molecule has 0 aromatic carbocycles. The van der Waals surface area contributed by atoms with Gasteiger partial charge in [0.2, 0.25) is 5.91 Å². The summed E-state index contributed by atoms with van der Waals surface area (Å²) in [6.07, 6.45) is 7.83. The van der Waals surface area contributed by atoms with E-state index < -0.39 is 0 Å². The summed E-state index contributed by atoms with van der Waals surface area (Å²) in [5.74, 6) is 4.31. The first kappa shape index (κ1) is 24.1. The number of carbonyl (C=O) groups excluding carboxylic acids is 1. The van der Waals surface area contributed by atoms with Gasteiger partial charge < -0.3 is 14.5 Å². The van der Waals surface area contributed by atoms with E-state index in [9.17, 15) is 10.1 Å². The SMILES string of the molecule is CC(=O)N1CCc2c(c(N3CCC(CC#N)=C3/C=C(\C)CC3C#CN(C)N=C3)nn2C2CCOC2)C1. The van der Waals surface area contributed by atoms with Gasteiger partial charge in [-0.1, -0.05) is 11.5 Å². The van der Waals surface area contributed by atoms with Crippen molar-refractivity contribution in [1.29, 1.82) is 5.26 Å². The number of hydrogen-bond donors (Lipinski definition) is 0. The van der Waals surface area contributed by atoms with E-state index in [0.717, 1.165) is 61.5 Å². The molecule has 5 rings (SSSR count). The molecule has 0 N–H and O–H groups in total. The average Bonchev–Trinajstić information content (AvgIpc) is 3.60. The van der Waals surface area contributed by atoms with Gasteiger partial charge >= 0.3 is 0 Å². The van der Waals surface area contributed by atoms with Gasteiger partial charge in [-0.05, 0) is 37.8 Å². The topological polar surface area (TPSA) is 90.0 Å². The molecule has 1 amide bonds. The van der Waals surface area contributed by atoms with E-state index >= 15 is 0 Å². The van der Waals surface area contributed by atoms with Crippen LogP contribution in [-0.2, 0) is 22.5 Å². The minimum Gasteiger partial charge on any atom is -0.379 e. The number of amides is 1. The van der Waals surface area contributed by atoms with Crippen molar-refractivity contribution >= 4 is 17.9 Å². The van der Waals surface area contributed by atoms with Crippen molar-refractivity contribution in [2.45, 2.75) is 58.5 Å². The van der Waals surface area contributed by atoms with Gasteiger partial charge in [-0.15, -0.1) is 0 Å². The quantitative estimate of drug-likeness (QED) is 0.573. The molecule has 1 saturated heterocycles. The fourth-order valence-corrected chi connectivity index (χ4v) is 5.46. The van der Waals surface area contributed by atoms with Gasteiger partial charge in [0.1, 0.15) is 0 Å². The number of ether oxygens (including phenoxy) is 1. The zero-order valence-corrected chi connectivity index (χ0v) is 21.3. The van der Waals surface area contributed by atoms with Gasteiger partial charge in [0.15, 0.2) is 5.82 Å². The third-order valence-corrected chi connectivity index (χ3v) is 7.36. The van der Waals surface area contributed by atoms with Gasteiger partial charge in [0.05, 0.1) is 37.6 Å². The molecule has 2 atom stereocenters. The van der Waals surface area contributed by atoms with E-state index in [1.54, 1.807) is 11.9 Å². The summed E-state index contributed by atoms with van der Waals surface area (Å²) in [6, 6.07) is 5.58. The average molecular weight is 488 g/mol. The largest absolute Gasteiger partial charge is 0.379 e. The Hall–Kier alpha value is -3.56. The molecule has 4 aliphatic rings. The lowest BCUT2D eigenvalue weighted by atomic mass is 9.99. The van der Waals surface area contributed by atoms with Crippen molar-refractivity contribution in [3.05, 3.63) is 34.2 Å². The molecule has 0 spiro atoms. The fourth-order valence-electron chi connectivity index (χ4n) is 5.46. The Labute approximate surface area is 212 Å². The van der Waals surface area contributed by atoms with Crippen LogP contribution in [0.25, 0.3) is 0 Å². The molecule has 1 aromatic rings. The predicted octanol–water partition coefficient (Wildman–Crippen LogP) is 2.97. The highest BCUT2D eigenvalue weighted by molar-refractivity contribution is 5.74. The second kappa shape index (κ2) is 10.2. The minimum absolute atomic E-state index is 0.0748. The number of hydrogen-bond acceptors (Lipinski definition) is 7. The number of nitrogens with zero attached hydrogens (tertiary/aromatic N) is 7. The molecular weight excluding hydrogens is 454 g/mol. The van der Waals surface area contributed by atoms with E-state index in [1.165, 1.54) is 11.3 Å². The van der Waals surface area contributed by atoms with Crippen molar-refractivity contribution in [3.63, 3.8) is 0 Å². The molecule has 0 radical (unpaired) electrons. The van der Waals surface area contributed by atoms with E-state index in [2.05, 4.69) is 45.7 Å². The summed E-state index contributed by atoms with van der Waals surface area (Å²) < 4.78 is 7.84. The smallest absolute Gasteiger partial charge is 0.219 e. The zero-order valence-electron chi connectivity index (χ0n) is 21.3. The lowest BCUT2D eigenvalue weighted by Crippen LogP contribution is -2.35. The molecule has 9 nitrogen and oxygen atoms in total. The van der Waals surface area contributed by atoms with Crippen LogP contribution < -0.4 is 4.90 Å². The van der Waals surface area contributed by atoms with Gasteiger partial charge in [-0.2, -0.15) is 15.5 Å². The number of aromatic nitrogens is 2. The lowest BCUT2D eigenvalue weighted by molar-refractivity contribution is -0.129. The maximum absolute atomic E-state index is 12.2. The molecule has 0 bridgehead atoms. The molecule has 5 heterocycles. The number of nitriles is 1. The standard InChI is InChI=1S/C27H33N7O2/c1-19(14-21-5-10-31(3)29-16-21)15-26-22(4-9-28)6-12-33(26)27-24-17-32(20(2)35)11-7-25(24)34(30-27)23-8-13-36-18-23/h15-16,21,23H,4,6-8,11-14,17-18H2,1-3H3/b19-15+. The Balaban J connectivity index is 1.51. The summed E-state index contributed by atoms with van der Waals surface area (Å²) in [5, 5.41) is 20.6. The number of rotatable bonds is 6. The highest BCUT2D eigenvalue weighted by atomic mass is 16.5. The minimum atomic E-state index is 0.0748. The molecule has 0 aliphatic carbocycles. The van der Waals surface area contributed by atoms with Crippen LogP contribution in [0.2, 0.25) is 0 Å². The summed E-state index contributed by atoms with van der Waals surface area (Å²) in [4.78, 5) is 16.4.